The van der Waals surface area contributed by atoms with Crippen LogP contribution in [0.3, 0.4) is 0 Å². The monoisotopic (exact) mass is 469 g/mol. The van der Waals surface area contributed by atoms with Crippen LogP contribution in [0.15, 0.2) is 64.9 Å². The van der Waals surface area contributed by atoms with Crippen LogP contribution in [0.5, 0.6) is 0 Å². The summed E-state index contributed by atoms with van der Waals surface area (Å²) in [6, 6.07) is 15.5. The second-order valence-electron chi connectivity index (χ2n) is 7.50. The van der Waals surface area contributed by atoms with Gasteiger partial charge in [-0.3, -0.25) is 9.59 Å². The van der Waals surface area contributed by atoms with E-state index in [4.69, 9.17) is 0 Å². The Labute approximate surface area is 190 Å². The van der Waals surface area contributed by atoms with Gasteiger partial charge in [0.05, 0.1) is 11.4 Å². The Balaban J connectivity index is 1.37. The molecule has 0 unspecified atom stereocenters. The molecule has 0 radical (unpaired) electrons. The molecule has 2 heterocycles. The summed E-state index contributed by atoms with van der Waals surface area (Å²) in [6.45, 7) is 0.579. The predicted molar refractivity (Wildman–Crippen MR) is 124 cm³/mol. The number of carbonyl (C=O) groups is 2. The van der Waals surface area contributed by atoms with Gasteiger partial charge in [-0.05, 0) is 65.7 Å². The number of carbonyl (C=O) groups excluding carboxylic acids is 2. The van der Waals surface area contributed by atoms with Crippen molar-refractivity contribution in [2.75, 3.05) is 5.32 Å². The number of fused-ring (bicyclic) bond motifs is 1. The molecule has 3 N–H and O–H groups in total. The van der Waals surface area contributed by atoms with Gasteiger partial charge in [0.15, 0.2) is 0 Å². The Hall–Kier alpha value is -3.01. The first kappa shape index (κ1) is 22.2. The molecular weight excluding hydrogens is 446 g/mol. The second-order valence-corrected chi connectivity index (χ2v) is 10.3. The number of sulfonamides is 1. The molecule has 2 aromatic carbocycles. The molecule has 9 heteroatoms. The van der Waals surface area contributed by atoms with Gasteiger partial charge >= 0.3 is 0 Å². The number of amides is 2. The van der Waals surface area contributed by atoms with Gasteiger partial charge in [0.25, 0.3) is 5.91 Å². The molecule has 166 valence electrons. The molecule has 32 heavy (non-hydrogen) atoms. The lowest BCUT2D eigenvalue weighted by atomic mass is 10.1. The average Bonchev–Trinajstić information content (AvgIpc) is 3.24. The number of hydrogen-bond donors (Lipinski definition) is 3. The lowest BCUT2D eigenvalue weighted by Gasteiger charge is -2.11. The highest BCUT2D eigenvalue weighted by molar-refractivity contribution is 7.89. The SMILES string of the molecule is O=C1CCCc2cc(S(=O)(=O)NCc3ccc(C(=O)NCc4cccs4)cc3)ccc2N1. The third-order valence-corrected chi connectivity index (χ3v) is 7.47. The summed E-state index contributed by atoms with van der Waals surface area (Å²) in [5.41, 5.74) is 2.74. The zero-order valence-corrected chi connectivity index (χ0v) is 18.9. The van der Waals surface area contributed by atoms with E-state index < -0.39 is 10.0 Å². The quantitative estimate of drug-likeness (QED) is 0.493. The van der Waals surface area contributed by atoms with Gasteiger partial charge in [0.1, 0.15) is 0 Å². The molecule has 1 aromatic heterocycles. The van der Waals surface area contributed by atoms with Crippen LogP contribution in [0, 0.1) is 0 Å². The van der Waals surface area contributed by atoms with E-state index in [0.717, 1.165) is 16.0 Å². The van der Waals surface area contributed by atoms with Crippen LogP contribution < -0.4 is 15.4 Å². The number of aryl methyl sites for hydroxylation is 1. The van der Waals surface area contributed by atoms with Crippen molar-refractivity contribution < 1.29 is 18.0 Å². The van der Waals surface area contributed by atoms with Crippen molar-refractivity contribution in [2.24, 2.45) is 0 Å². The molecule has 0 bridgehead atoms. The van der Waals surface area contributed by atoms with Crippen molar-refractivity contribution in [2.45, 2.75) is 37.2 Å². The van der Waals surface area contributed by atoms with Crippen molar-refractivity contribution in [1.82, 2.24) is 10.0 Å². The summed E-state index contributed by atoms with van der Waals surface area (Å²) in [5, 5.41) is 7.63. The molecular formula is C23H23N3O4S2. The Kier molecular flexibility index (Phi) is 6.69. The van der Waals surface area contributed by atoms with Gasteiger partial charge in [-0.15, -0.1) is 11.3 Å². The molecule has 0 atom stereocenters. The van der Waals surface area contributed by atoms with Crippen LogP contribution >= 0.6 is 11.3 Å². The molecule has 0 fully saturated rings. The molecule has 0 saturated carbocycles. The van der Waals surface area contributed by atoms with E-state index in [1.54, 1.807) is 47.7 Å². The third kappa shape index (κ3) is 5.42. The zero-order valence-electron chi connectivity index (χ0n) is 17.3. The lowest BCUT2D eigenvalue weighted by molar-refractivity contribution is -0.116. The van der Waals surface area contributed by atoms with E-state index in [1.165, 1.54) is 6.07 Å². The molecule has 3 aromatic rings. The van der Waals surface area contributed by atoms with E-state index >= 15 is 0 Å². The molecule has 1 aliphatic rings. The highest BCUT2D eigenvalue weighted by atomic mass is 32.2. The van der Waals surface area contributed by atoms with Crippen molar-refractivity contribution in [3.63, 3.8) is 0 Å². The van der Waals surface area contributed by atoms with Crippen LogP contribution in [0.4, 0.5) is 5.69 Å². The van der Waals surface area contributed by atoms with Crippen LogP contribution in [0.1, 0.15) is 39.2 Å². The van der Waals surface area contributed by atoms with E-state index in [0.29, 0.717) is 37.1 Å². The zero-order chi connectivity index (χ0) is 22.6. The fourth-order valence-corrected chi connectivity index (χ4v) is 5.15. The van der Waals surface area contributed by atoms with E-state index in [2.05, 4.69) is 15.4 Å². The number of nitrogens with one attached hydrogen (secondary N) is 3. The third-order valence-electron chi connectivity index (χ3n) is 5.20. The summed E-state index contributed by atoms with van der Waals surface area (Å²) < 4.78 is 28.1. The molecule has 4 rings (SSSR count). The molecule has 0 spiro atoms. The maximum Gasteiger partial charge on any atom is 0.251 e. The minimum absolute atomic E-state index is 0.0545. The van der Waals surface area contributed by atoms with Gasteiger partial charge in [-0.25, -0.2) is 13.1 Å². The van der Waals surface area contributed by atoms with Crippen LogP contribution in [-0.4, -0.2) is 20.2 Å². The smallest absolute Gasteiger partial charge is 0.251 e. The summed E-state index contributed by atoms with van der Waals surface area (Å²) in [4.78, 5) is 25.2. The normalized spacial score (nSPS) is 13.7. The van der Waals surface area contributed by atoms with Crippen molar-refractivity contribution in [3.05, 3.63) is 81.5 Å². The van der Waals surface area contributed by atoms with Crippen molar-refractivity contribution >= 4 is 38.9 Å². The summed E-state index contributed by atoms with van der Waals surface area (Å²) in [7, 11) is -3.72. The molecule has 0 saturated heterocycles. The largest absolute Gasteiger partial charge is 0.347 e. The number of benzene rings is 2. The summed E-state index contributed by atoms with van der Waals surface area (Å²) in [6.07, 6.45) is 1.76. The van der Waals surface area contributed by atoms with Crippen LogP contribution in [0.25, 0.3) is 0 Å². The molecule has 2 amide bonds. The maximum atomic E-state index is 12.8. The predicted octanol–water partition coefficient (Wildman–Crippen LogP) is 3.43. The number of rotatable bonds is 7. The molecule has 7 nitrogen and oxygen atoms in total. The first-order chi connectivity index (χ1) is 15.4. The summed E-state index contributed by atoms with van der Waals surface area (Å²) >= 11 is 1.58. The average molecular weight is 470 g/mol. The topological polar surface area (TPSA) is 104 Å². The Morgan fingerprint density at radius 2 is 1.84 bits per heavy atom. The number of anilines is 1. The van der Waals surface area contributed by atoms with Gasteiger partial charge in [-0.2, -0.15) is 0 Å². The number of thiophene rings is 1. The van der Waals surface area contributed by atoms with Crippen LogP contribution in [0.2, 0.25) is 0 Å². The lowest BCUT2D eigenvalue weighted by Crippen LogP contribution is -2.24. The maximum absolute atomic E-state index is 12.8. The van der Waals surface area contributed by atoms with Gasteiger partial charge in [0, 0.05) is 29.1 Å². The van der Waals surface area contributed by atoms with Gasteiger partial charge < -0.3 is 10.6 Å². The highest BCUT2D eigenvalue weighted by Crippen LogP contribution is 2.25. The Morgan fingerprint density at radius 3 is 2.59 bits per heavy atom. The standard InChI is InChI=1S/C23H23N3O4S2/c27-22-5-1-3-18-13-20(10-11-21(18)26-22)32(29,30)25-14-16-6-8-17(9-7-16)23(28)24-15-19-4-2-12-31-19/h2,4,6-13,25H,1,3,5,14-15H2,(H,24,28)(H,26,27). The van der Waals surface area contributed by atoms with Crippen LogP contribution in [-0.2, 0) is 34.3 Å². The van der Waals surface area contributed by atoms with E-state index in [9.17, 15) is 18.0 Å². The van der Waals surface area contributed by atoms with E-state index in [-0.39, 0.29) is 23.3 Å². The minimum atomic E-state index is -3.72. The fourth-order valence-electron chi connectivity index (χ4n) is 3.44. The Morgan fingerprint density at radius 1 is 1.03 bits per heavy atom. The van der Waals surface area contributed by atoms with Gasteiger partial charge in [-0.1, -0.05) is 18.2 Å². The van der Waals surface area contributed by atoms with Crippen molar-refractivity contribution in [1.29, 1.82) is 0 Å². The first-order valence-corrected chi connectivity index (χ1v) is 12.6. The molecule has 1 aliphatic heterocycles. The minimum Gasteiger partial charge on any atom is -0.347 e. The Bertz CT molecular complexity index is 1220. The highest BCUT2D eigenvalue weighted by Gasteiger charge is 2.19. The van der Waals surface area contributed by atoms with Gasteiger partial charge in [0.2, 0.25) is 15.9 Å². The summed E-state index contributed by atoms with van der Waals surface area (Å²) in [5.74, 6) is -0.233. The molecule has 0 aliphatic carbocycles. The number of hydrogen-bond acceptors (Lipinski definition) is 5. The second kappa shape index (κ2) is 9.64. The van der Waals surface area contributed by atoms with E-state index in [1.807, 2.05) is 17.5 Å². The first-order valence-electron chi connectivity index (χ1n) is 10.2. The van der Waals surface area contributed by atoms with Crippen molar-refractivity contribution in [3.8, 4) is 0 Å². The fraction of sp³-hybridized carbons (Fsp3) is 0.217.